The molecule has 1 rings (SSSR count). The van der Waals surface area contributed by atoms with Gasteiger partial charge in [-0.2, -0.15) is 0 Å². The Hall–Kier alpha value is -2.90. The lowest BCUT2D eigenvalue weighted by atomic mass is 10.0. The largest absolute Gasteiger partial charge is 0.467 e. The molecule has 0 spiro atoms. The number of hydrogen-bond donors (Lipinski definition) is 3. The average molecular weight is 363 g/mol. The fourth-order valence-corrected chi connectivity index (χ4v) is 2.38. The van der Waals surface area contributed by atoms with Crippen molar-refractivity contribution in [3.63, 3.8) is 0 Å². The molecule has 0 saturated heterocycles. The highest BCUT2D eigenvalue weighted by Crippen LogP contribution is 2.20. The third-order valence-corrected chi connectivity index (χ3v) is 3.33. The van der Waals surface area contributed by atoms with Crippen molar-refractivity contribution in [2.24, 2.45) is 5.92 Å². The lowest BCUT2D eigenvalue weighted by Crippen LogP contribution is -2.42. The first-order valence-corrected chi connectivity index (χ1v) is 8.21. The zero-order valence-corrected chi connectivity index (χ0v) is 15.6. The van der Waals surface area contributed by atoms with E-state index >= 15 is 0 Å². The van der Waals surface area contributed by atoms with E-state index in [0.29, 0.717) is 17.8 Å². The molecule has 26 heavy (non-hydrogen) atoms. The summed E-state index contributed by atoms with van der Waals surface area (Å²) in [6.45, 7) is 6.52. The first-order valence-electron chi connectivity index (χ1n) is 8.21. The summed E-state index contributed by atoms with van der Waals surface area (Å²) in [5.74, 6) is -1.51. The fraction of sp³-hybridized carbons (Fsp3) is 0.444. The number of amides is 3. The van der Waals surface area contributed by atoms with Gasteiger partial charge in [0.05, 0.1) is 7.11 Å². The van der Waals surface area contributed by atoms with Crippen molar-refractivity contribution in [2.75, 3.05) is 17.7 Å². The van der Waals surface area contributed by atoms with Gasteiger partial charge in [0.2, 0.25) is 11.8 Å². The van der Waals surface area contributed by atoms with Crippen LogP contribution >= 0.6 is 0 Å². The molecule has 0 saturated carbocycles. The number of rotatable bonds is 7. The van der Waals surface area contributed by atoms with Crippen molar-refractivity contribution in [3.8, 4) is 0 Å². The van der Waals surface area contributed by atoms with Gasteiger partial charge in [-0.3, -0.25) is 14.4 Å². The lowest BCUT2D eigenvalue weighted by molar-refractivity contribution is -0.143. The van der Waals surface area contributed by atoms with E-state index in [2.05, 4.69) is 16.0 Å². The van der Waals surface area contributed by atoms with E-state index < -0.39 is 17.9 Å². The van der Waals surface area contributed by atoms with Gasteiger partial charge in [-0.15, -0.1) is 0 Å². The van der Waals surface area contributed by atoms with Crippen molar-refractivity contribution in [2.45, 2.75) is 40.2 Å². The molecule has 0 aliphatic heterocycles. The van der Waals surface area contributed by atoms with Gasteiger partial charge in [0.15, 0.2) is 0 Å². The van der Waals surface area contributed by atoms with E-state index in [1.165, 1.54) is 39.2 Å². The van der Waals surface area contributed by atoms with Gasteiger partial charge in [0, 0.05) is 30.8 Å². The van der Waals surface area contributed by atoms with E-state index in [1.54, 1.807) is 0 Å². The Balaban J connectivity index is 3.12. The number of hydrogen-bond acceptors (Lipinski definition) is 5. The van der Waals surface area contributed by atoms with Crippen LogP contribution in [-0.2, 0) is 19.1 Å². The molecule has 0 radical (unpaired) electrons. The van der Waals surface area contributed by atoms with Gasteiger partial charge in [-0.1, -0.05) is 13.8 Å². The molecule has 3 N–H and O–H groups in total. The second kappa shape index (κ2) is 9.55. The minimum absolute atomic E-state index is 0.167. The van der Waals surface area contributed by atoms with E-state index in [4.69, 9.17) is 4.74 Å². The molecule has 0 aliphatic carbocycles. The normalized spacial score (nSPS) is 11.5. The van der Waals surface area contributed by atoms with Crippen LogP contribution in [0.3, 0.4) is 0 Å². The number of nitrogens with one attached hydrogen (secondary N) is 3. The SMILES string of the molecule is COC(=O)C(CC(C)C)NC(=O)c1cc(NC(C)=O)cc(NC(C)=O)c1. The van der Waals surface area contributed by atoms with Crippen LogP contribution in [0.15, 0.2) is 18.2 Å². The summed E-state index contributed by atoms with van der Waals surface area (Å²) < 4.78 is 4.74. The molecule has 0 bridgehead atoms. The van der Waals surface area contributed by atoms with Gasteiger partial charge in [-0.25, -0.2) is 4.79 Å². The number of methoxy groups -OCH3 is 1. The van der Waals surface area contributed by atoms with Crippen LogP contribution < -0.4 is 16.0 Å². The van der Waals surface area contributed by atoms with Crippen LogP contribution in [0.2, 0.25) is 0 Å². The lowest BCUT2D eigenvalue weighted by Gasteiger charge is -2.19. The molecule has 0 heterocycles. The van der Waals surface area contributed by atoms with E-state index in [1.807, 2.05) is 13.8 Å². The molecule has 1 aromatic carbocycles. The minimum Gasteiger partial charge on any atom is -0.467 e. The highest BCUT2D eigenvalue weighted by molar-refractivity contribution is 6.01. The van der Waals surface area contributed by atoms with Gasteiger partial charge < -0.3 is 20.7 Å². The van der Waals surface area contributed by atoms with Crippen LogP contribution in [0.5, 0.6) is 0 Å². The van der Waals surface area contributed by atoms with Crippen molar-refractivity contribution < 1.29 is 23.9 Å². The highest BCUT2D eigenvalue weighted by atomic mass is 16.5. The molecular weight excluding hydrogens is 338 g/mol. The second-order valence-electron chi connectivity index (χ2n) is 6.34. The maximum Gasteiger partial charge on any atom is 0.328 e. The quantitative estimate of drug-likeness (QED) is 0.641. The molecule has 0 aliphatic rings. The summed E-state index contributed by atoms with van der Waals surface area (Å²) in [6.07, 6.45) is 0.419. The Morgan fingerprint density at radius 2 is 1.46 bits per heavy atom. The minimum atomic E-state index is -0.791. The van der Waals surface area contributed by atoms with Crippen LogP contribution in [0.1, 0.15) is 44.5 Å². The van der Waals surface area contributed by atoms with Gasteiger partial charge in [0.1, 0.15) is 6.04 Å². The van der Waals surface area contributed by atoms with Crippen LogP contribution in [0.25, 0.3) is 0 Å². The van der Waals surface area contributed by atoms with E-state index in [0.717, 1.165) is 0 Å². The molecule has 1 aromatic rings. The maximum absolute atomic E-state index is 12.6. The first-order chi connectivity index (χ1) is 12.1. The third kappa shape index (κ3) is 6.92. The van der Waals surface area contributed by atoms with Crippen LogP contribution in [-0.4, -0.2) is 36.8 Å². The second-order valence-corrected chi connectivity index (χ2v) is 6.34. The van der Waals surface area contributed by atoms with Crippen molar-refractivity contribution in [1.82, 2.24) is 5.32 Å². The number of ether oxygens (including phenoxy) is 1. The Labute approximate surface area is 152 Å². The molecule has 1 unspecified atom stereocenters. The molecular formula is C18H25N3O5. The Bertz CT molecular complexity index is 666. The Kier molecular flexibility index (Phi) is 7.77. The molecule has 1 atom stereocenters. The summed E-state index contributed by atoms with van der Waals surface area (Å²) in [7, 11) is 1.26. The number of anilines is 2. The topological polar surface area (TPSA) is 114 Å². The van der Waals surface area contributed by atoms with Crippen molar-refractivity contribution >= 4 is 35.1 Å². The van der Waals surface area contributed by atoms with Crippen molar-refractivity contribution in [1.29, 1.82) is 0 Å². The predicted octanol–water partition coefficient (Wildman–Crippen LogP) is 1.92. The van der Waals surface area contributed by atoms with Crippen LogP contribution in [0.4, 0.5) is 11.4 Å². The number of esters is 1. The number of benzene rings is 1. The summed E-state index contributed by atoms with van der Waals surface area (Å²) in [4.78, 5) is 47.1. The van der Waals surface area contributed by atoms with Gasteiger partial charge in [0.25, 0.3) is 5.91 Å². The molecule has 8 nitrogen and oxygen atoms in total. The molecule has 142 valence electrons. The zero-order valence-electron chi connectivity index (χ0n) is 15.6. The highest BCUT2D eigenvalue weighted by Gasteiger charge is 2.23. The molecule has 0 aromatic heterocycles. The Morgan fingerprint density at radius 1 is 0.962 bits per heavy atom. The van der Waals surface area contributed by atoms with Crippen LogP contribution in [0, 0.1) is 5.92 Å². The molecule has 3 amide bonds. The standard InChI is InChI=1S/C18H25N3O5/c1-10(2)6-16(18(25)26-5)21-17(24)13-7-14(19-11(3)22)9-15(8-13)20-12(4)23/h7-10,16H,6H2,1-5H3,(H,19,22)(H,20,23)(H,21,24). The molecule has 0 fully saturated rings. The van der Waals surface area contributed by atoms with E-state index in [-0.39, 0.29) is 23.3 Å². The maximum atomic E-state index is 12.6. The average Bonchev–Trinajstić information content (AvgIpc) is 2.51. The molecule has 8 heteroatoms. The van der Waals surface area contributed by atoms with Gasteiger partial charge >= 0.3 is 5.97 Å². The monoisotopic (exact) mass is 363 g/mol. The third-order valence-electron chi connectivity index (χ3n) is 3.33. The first kappa shape index (κ1) is 21.1. The van der Waals surface area contributed by atoms with E-state index in [9.17, 15) is 19.2 Å². The summed E-state index contributed by atoms with van der Waals surface area (Å²) in [5, 5.41) is 7.78. The fourth-order valence-electron chi connectivity index (χ4n) is 2.38. The number of carbonyl (C=O) groups is 4. The number of carbonyl (C=O) groups excluding carboxylic acids is 4. The predicted molar refractivity (Wildman–Crippen MR) is 97.8 cm³/mol. The summed E-state index contributed by atoms with van der Waals surface area (Å²) >= 11 is 0. The van der Waals surface area contributed by atoms with Gasteiger partial charge in [-0.05, 0) is 30.5 Å². The summed E-state index contributed by atoms with van der Waals surface area (Å²) in [5.41, 5.74) is 0.900. The zero-order chi connectivity index (χ0) is 19.9. The Morgan fingerprint density at radius 3 is 1.85 bits per heavy atom. The van der Waals surface area contributed by atoms with Crippen molar-refractivity contribution in [3.05, 3.63) is 23.8 Å². The smallest absolute Gasteiger partial charge is 0.328 e. The summed E-state index contributed by atoms with van der Waals surface area (Å²) in [6, 6.07) is 3.67.